The van der Waals surface area contributed by atoms with Crippen LogP contribution >= 0.6 is 0 Å². The van der Waals surface area contributed by atoms with E-state index in [1.165, 1.54) is 18.2 Å². The summed E-state index contributed by atoms with van der Waals surface area (Å²) >= 11 is 0. The first-order valence-electron chi connectivity index (χ1n) is 11.5. The first-order valence-corrected chi connectivity index (χ1v) is 11.5. The lowest BCUT2D eigenvalue weighted by Crippen LogP contribution is -2.38. The molecule has 0 spiro atoms. The Morgan fingerprint density at radius 1 is 1.13 bits per heavy atom. The Balaban J connectivity index is 0.000000505. The Kier molecular flexibility index (Phi) is 9.79. The second kappa shape index (κ2) is 13.0. The Morgan fingerprint density at radius 2 is 1.84 bits per heavy atom. The minimum atomic E-state index is -5.08. The van der Waals surface area contributed by atoms with Gasteiger partial charge in [0.25, 0.3) is 5.91 Å². The number of hydrogen-bond acceptors (Lipinski definition) is 6. The molecule has 1 aliphatic rings. The molecular weight excluding hydrogens is 512 g/mol. The van der Waals surface area contributed by atoms with E-state index in [0.29, 0.717) is 18.0 Å². The van der Waals surface area contributed by atoms with Crippen molar-refractivity contribution >= 4 is 17.6 Å². The maximum Gasteiger partial charge on any atom is 0.490 e. The van der Waals surface area contributed by atoms with Crippen molar-refractivity contribution in [3.63, 3.8) is 0 Å². The average molecular weight is 538 g/mol. The van der Waals surface area contributed by atoms with Crippen LogP contribution in [0.3, 0.4) is 0 Å². The monoisotopic (exact) mass is 538 g/mol. The minimum absolute atomic E-state index is 0.257. The molecule has 1 fully saturated rings. The quantitative estimate of drug-likeness (QED) is 0.441. The van der Waals surface area contributed by atoms with Crippen LogP contribution < -0.4 is 10.1 Å². The van der Waals surface area contributed by atoms with E-state index in [-0.39, 0.29) is 11.5 Å². The second-order valence-electron chi connectivity index (χ2n) is 8.12. The number of halogens is 4. The molecular formula is C25H26F4N4O5. The molecule has 0 atom stereocenters. The van der Waals surface area contributed by atoms with Crippen LogP contribution in [0.1, 0.15) is 10.4 Å². The van der Waals surface area contributed by atoms with E-state index in [1.54, 1.807) is 23.0 Å². The predicted molar refractivity (Wildman–Crippen MR) is 129 cm³/mol. The molecule has 0 radical (unpaired) electrons. The average Bonchev–Trinajstić information content (AvgIpc) is 3.31. The van der Waals surface area contributed by atoms with E-state index in [1.807, 2.05) is 25.2 Å². The maximum absolute atomic E-state index is 13.4. The molecule has 1 aromatic heterocycles. The number of rotatable bonds is 7. The fourth-order valence-corrected chi connectivity index (χ4v) is 3.51. The number of carbonyl (C=O) groups excluding carboxylic acids is 1. The number of nitrogens with zero attached hydrogens (tertiary/aromatic N) is 3. The summed E-state index contributed by atoms with van der Waals surface area (Å²) in [5, 5.41) is 14.2. The number of aromatic nitrogens is 2. The highest BCUT2D eigenvalue weighted by Gasteiger charge is 2.38. The van der Waals surface area contributed by atoms with Gasteiger partial charge < -0.3 is 19.9 Å². The van der Waals surface area contributed by atoms with Crippen molar-refractivity contribution in [3.05, 3.63) is 66.1 Å². The van der Waals surface area contributed by atoms with Gasteiger partial charge in [0.1, 0.15) is 18.2 Å². The highest BCUT2D eigenvalue weighted by Crippen LogP contribution is 2.32. The van der Waals surface area contributed by atoms with Crippen LogP contribution in [0.5, 0.6) is 5.75 Å². The third kappa shape index (κ3) is 8.28. The number of anilines is 1. The summed E-state index contributed by atoms with van der Waals surface area (Å²) in [7, 11) is 1.85. The number of benzene rings is 2. The van der Waals surface area contributed by atoms with Crippen LogP contribution in [-0.4, -0.2) is 77.3 Å². The van der Waals surface area contributed by atoms with Crippen molar-refractivity contribution in [2.24, 2.45) is 7.05 Å². The summed E-state index contributed by atoms with van der Waals surface area (Å²) < 4.78 is 58.4. The summed E-state index contributed by atoms with van der Waals surface area (Å²) in [5.74, 6) is -2.88. The Labute approximate surface area is 215 Å². The van der Waals surface area contributed by atoms with E-state index < -0.39 is 18.0 Å². The summed E-state index contributed by atoms with van der Waals surface area (Å²) in [6.45, 7) is 4.66. The lowest BCUT2D eigenvalue weighted by Gasteiger charge is -2.26. The zero-order valence-electron chi connectivity index (χ0n) is 20.4. The Morgan fingerprint density at radius 3 is 2.45 bits per heavy atom. The summed E-state index contributed by atoms with van der Waals surface area (Å²) in [5.41, 5.74) is 2.53. The van der Waals surface area contributed by atoms with Gasteiger partial charge in [-0.2, -0.15) is 18.3 Å². The molecule has 0 bridgehead atoms. The van der Waals surface area contributed by atoms with Crippen molar-refractivity contribution in [3.8, 4) is 17.0 Å². The minimum Gasteiger partial charge on any atom is -0.492 e. The molecule has 4 rings (SSSR count). The van der Waals surface area contributed by atoms with Crippen molar-refractivity contribution in [2.45, 2.75) is 6.18 Å². The zero-order chi connectivity index (χ0) is 27.7. The molecule has 0 saturated carbocycles. The Bertz CT molecular complexity index is 1240. The number of nitrogens with one attached hydrogen (secondary N) is 1. The van der Waals surface area contributed by atoms with Gasteiger partial charge in [0.05, 0.1) is 18.9 Å². The number of ether oxygens (including phenoxy) is 2. The third-order valence-electron chi connectivity index (χ3n) is 5.43. The molecule has 38 heavy (non-hydrogen) atoms. The topological polar surface area (TPSA) is 106 Å². The summed E-state index contributed by atoms with van der Waals surface area (Å²) in [6.07, 6.45) is -3.37. The van der Waals surface area contributed by atoms with Crippen LogP contribution in [0.2, 0.25) is 0 Å². The normalized spacial score (nSPS) is 13.8. The molecule has 1 saturated heterocycles. The number of carboxylic acids is 1. The summed E-state index contributed by atoms with van der Waals surface area (Å²) in [6, 6.07) is 13.0. The molecule has 2 heterocycles. The first kappa shape index (κ1) is 28.6. The standard InChI is InChI=1S/C23H25FN4O3.C2HF3O2/c1-27-21(7-8-25-27)20-16-19(26-23(29)17-3-2-4-18(24)15-17)5-6-22(20)31-14-11-28-9-12-30-13-10-28;3-2(4,5)1(6)7/h2-8,15-16H,9-14H2,1H3,(H,26,29);(H,6,7). The molecule has 3 aromatic rings. The van der Waals surface area contributed by atoms with E-state index in [4.69, 9.17) is 19.4 Å². The van der Waals surface area contributed by atoms with Crippen LogP contribution in [0.4, 0.5) is 23.2 Å². The van der Waals surface area contributed by atoms with Crippen LogP contribution in [0.25, 0.3) is 11.3 Å². The van der Waals surface area contributed by atoms with Gasteiger partial charge >= 0.3 is 12.1 Å². The lowest BCUT2D eigenvalue weighted by molar-refractivity contribution is -0.192. The number of morpholine rings is 1. The molecule has 0 unspecified atom stereocenters. The largest absolute Gasteiger partial charge is 0.492 e. The van der Waals surface area contributed by atoms with Crippen LogP contribution in [-0.2, 0) is 16.6 Å². The highest BCUT2D eigenvalue weighted by atomic mass is 19.4. The smallest absolute Gasteiger partial charge is 0.490 e. The number of carbonyl (C=O) groups is 2. The van der Waals surface area contributed by atoms with Gasteiger partial charge in [0.15, 0.2) is 0 Å². The molecule has 0 aliphatic carbocycles. The molecule has 9 nitrogen and oxygen atoms in total. The van der Waals surface area contributed by atoms with Crippen molar-refractivity contribution < 1.29 is 41.7 Å². The Hall–Kier alpha value is -3.97. The van der Waals surface area contributed by atoms with Gasteiger partial charge in [-0.1, -0.05) is 6.07 Å². The molecule has 204 valence electrons. The van der Waals surface area contributed by atoms with Gasteiger partial charge in [0.2, 0.25) is 0 Å². The number of aryl methyl sites for hydroxylation is 1. The molecule has 13 heteroatoms. The fourth-order valence-electron chi connectivity index (χ4n) is 3.51. The number of aliphatic carboxylic acids is 1. The predicted octanol–water partition coefficient (Wildman–Crippen LogP) is 3.82. The molecule has 2 aromatic carbocycles. The van der Waals surface area contributed by atoms with Crippen molar-refractivity contribution in [2.75, 3.05) is 44.8 Å². The van der Waals surface area contributed by atoms with Gasteiger partial charge in [-0.15, -0.1) is 0 Å². The lowest BCUT2D eigenvalue weighted by atomic mass is 10.1. The molecule has 1 aliphatic heterocycles. The SMILES string of the molecule is Cn1nccc1-c1cc(NC(=O)c2cccc(F)c2)ccc1OCCN1CCOCC1.O=C(O)C(F)(F)F. The summed E-state index contributed by atoms with van der Waals surface area (Å²) in [4.78, 5) is 23.7. The van der Waals surface area contributed by atoms with Crippen LogP contribution in [0.15, 0.2) is 54.7 Å². The van der Waals surface area contributed by atoms with Crippen molar-refractivity contribution in [1.29, 1.82) is 0 Å². The van der Waals surface area contributed by atoms with E-state index in [2.05, 4.69) is 15.3 Å². The number of amides is 1. The van der Waals surface area contributed by atoms with Gasteiger partial charge in [-0.25, -0.2) is 9.18 Å². The second-order valence-corrected chi connectivity index (χ2v) is 8.12. The van der Waals surface area contributed by atoms with E-state index in [0.717, 1.165) is 44.1 Å². The maximum atomic E-state index is 13.4. The van der Waals surface area contributed by atoms with Gasteiger partial charge in [0, 0.05) is 49.7 Å². The van der Waals surface area contributed by atoms with Crippen molar-refractivity contribution in [1.82, 2.24) is 14.7 Å². The van der Waals surface area contributed by atoms with E-state index in [9.17, 15) is 22.4 Å². The molecule has 2 N–H and O–H groups in total. The number of carboxylic acid groups (broad SMARTS) is 1. The third-order valence-corrected chi connectivity index (χ3v) is 5.43. The zero-order valence-corrected chi connectivity index (χ0v) is 20.4. The fraction of sp³-hybridized carbons (Fsp3) is 0.320. The van der Waals surface area contributed by atoms with E-state index >= 15 is 0 Å². The highest BCUT2D eigenvalue weighted by molar-refractivity contribution is 6.04. The van der Waals surface area contributed by atoms with Gasteiger partial charge in [-0.05, 0) is 42.5 Å². The van der Waals surface area contributed by atoms with Gasteiger partial charge in [-0.3, -0.25) is 14.4 Å². The number of hydrogen-bond donors (Lipinski definition) is 2. The van der Waals surface area contributed by atoms with Crippen LogP contribution in [0, 0.1) is 5.82 Å². The first-order chi connectivity index (χ1) is 18.0. The molecule has 1 amide bonds. The number of alkyl halides is 3.